The maximum atomic E-state index is 12.7. The van der Waals surface area contributed by atoms with Gasteiger partial charge in [0.15, 0.2) is 5.13 Å². The number of thiazole rings is 1. The van der Waals surface area contributed by atoms with Crippen LogP contribution < -0.4 is 5.32 Å². The molecule has 2 amide bonds. The Morgan fingerprint density at radius 2 is 2.00 bits per heavy atom. The highest BCUT2D eigenvalue weighted by molar-refractivity contribution is 7.15. The van der Waals surface area contributed by atoms with Crippen molar-refractivity contribution < 1.29 is 9.59 Å². The highest BCUT2D eigenvalue weighted by Gasteiger charge is 2.34. The number of amides is 2. The van der Waals surface area contributed by atoms with Crippen LogP contribution >= 0.6 is 11.3 Å². The number of fused-ring (bicyclic) bond motifs is 1. The maximum Gasteiger partial charge on any atom is 0.231 e. The van der Waals surface area contributed by atoms with Crippen LogP contribution in [0.25, 0.3) is 0 Å². The van der Waals surface area contributed by atoms with Crippen molar-refractivity contribution in [2.45, 2.75) is 52.0 Å². The Balaban J connectivity index is 1.37. The molecule has 1 aliphatic heterocycles. The van der Waals surface area contributed by atoms with E-state index in [1.165, 1.54) is 29.7 Å². The second kappa shape index (κ2) is 7.80. The first-order valence-corrected chi connectivity index (χ1v) is 10.5. The van der Waals surface area contributed by atoms with E-state index in [4.69, 9.17) is 0 Å². The van der Waals surface area contributed by atoms with Gasteiger partial charge in [0.05, 0.1) is 11.6 Å². The summed E-state index contributed by atoms with van der Waals surface area (Å²) in [6, 6.07) is 8.18. The molecule has 142 valence electrons. The van der Waals surface area contributed by atoms with Gasteiger partial charge in [-0.05, 0) is 38.2 Å². The van der Waals surface area contributed by atoms with Crippen molar-refractivity contribution in [1.82, 2.24) is 9.88 Å². The molecule has 1 atom stereocenters. The number of benzene rings is 1. The number of rotatable bonds is 4. The minimum Gasteiger partial charge on any atom is -0.338 e. The van der Waals surface area contributed by atoms with Gasteiger partial charge in [-0.3, -0.25) is 9.59 Å². The quantitative estimate of drug-likeness (QED) is 0.819. The zero-order valence-corrected chi connectivity index (χ0v) is 16.5. The highest BCUT2D eigenvalue weighted by atomic mass is 32.1. The number of anilines is 1. The third-order valence-electron chi connectivity index (χ3n) is 5.41. The average molecular weight is 384 g/mol. The lowest BCUT2D eigenvalue weighted by atomic mass is 10.1. The summed E-state index contributed by atoms with van der Waals surface area (Å²) in [4.78, 5) is 32.7. The molecule has 27 heavy (non-hydrogen) atoms. The van der Waals surface area contributed by atoms with Crippen LogP contribution in [-0.4, -0.2) is 28.2 Å². The third kappa shape index (κ3) is 4.21. The summed E-state index contributed by atoms with van der Waals surface area (Å²) in [5, 5.41) is 3.65. The second-order valence-electron chi connectivity index (χ2n) is 7.60. The number of carbonyl (C=O) groups excluding carboxylic acids is 2. The lowest BCUT2D eigenvalue weighted by Gasteiger charge is -2.16. The maximum absolute atomic E-state index is 12.7. The second-order valence-corrected chi connectivity index (χ2v) is 8.68. The number of carbonyl (C=O) groups is 2. The minimum atomic E-state index is -0.299. The molecule has 1 aromatic heterocycles. The van der Waals surface area contributed by atoms with Gasteiger partial charge in [-0.2, -0.15) is 0 Å². The first-order chi connectivity index (χ1) is 13.1. The average Bonchev–Trinajstić information content (AvgIpc) is 3.13. The van der Waals surface area contributed by atoms with Gasteiger partial charge in [0.1, 0.15) is 0 Å². The summed E-state index contributed by atoms with van der Waals surface area (Å²) in [6.07, 6.45) is 5.99. The Bertz CT molecular complexity index is 820. The van der Waals surface area contributed by atoms with Crippen molar-refractivity contribution in [3.8, 4) is 0 Å². The summed E-state index contributed by atoms with van der Waals surface area (Å²) < 4.78 is 0. The van der Waals surface area contributed by atoms with Crippen molar-refractivity contribution in [1.29, 1.82) is 0 Å². The van der Waals surface area contributed by atoms with E-state index in [1.54, 1.807) is 16.2 Å². The molecule has 5 nitrogen and oxygen atoms in total. The molecule has 6 heteroatoms. The zero-order valence-electron chi connectivity index (χ0n) is 15.7. The first-order valence-electron chi connectivity index (χ1n) is 9.71. The molecule has 2 aromatic rings. The lowest BCUT2D eigenvalue weighted by molar-refractivity contribution is -0.128. The molecule has 1 aromatic carbocycles. The van der Waals surface area contributed by atoms with Crippen molar-refractivity contribution in [3.05, 3.63) is 46.0 Å². The van der Waals surface area contributed by atoms with E-state index in [0.717, 1.165) is 24.1 Å². The number of aryl methyl sites for hydroxylation is 3. The highest BCUT2D eigenvalue weighted by Crippen LogP contribution is 2.30. The molecule has 1 fully saturated rings. The van der Waals surface area contributed by atoms with Gasteiger partial charge < -0.3 is 10.2 Å². The predicted molar refractivity (Wildman–Crippen MR) is 107 cm³/mol. The number of likely N-dealkylation sites (tertiary alicyclic amines) is 1. The van der Waals surface area contributed by atoms with E-state index in [-0.39, 0.29) is 24.2 Å². The molecule has 4 rings (SSSR count). The monoisotopic (exact) mass is 383 g/mol. The number of hydrogen-bond acceptors (Lipinski definition) is 4. The summed E-state index contributed by atoms with van der Waals surface area (Å²) in [7, 11) is 0. The minimum absolute atomic E-state index is 0.0469. The summed E-state index contributed by atoms with van der Waals surface area (Å²) >= 11 is 1.60. The molecule has 0 radical (unpaired) electrons. The summed E-state index contributed by atoms with van der Waals surface area (Å²) in [6.45, 7) is 3.08. The standard InChI is InChI=1S/C21H25N3O2S/c1-14-7-9-15(10-8-14)12-24-13-16(11-19(24)25)20(26)23-21-22-17-5-3-2-4-6-18(17)27-21/h7-10,16H,2-6,11-13H2,1H3,(H,22,23,26)/t16-/m1/s1. The Hall–Kier alpha value is -2.21. The Kier molecular flexibility index (Phi) is 5.25. The largest absolute Gasteiger partial charge is 0.338 e. The molecule has 0 saturated carbocycles. The fraction of sp³-hybridized carbons (Fsp3) is 0.476. The summed E-state index contributed by atoms with van der Waals surface area (Å²) in [5.41, 5.74) is 3.44. The van der Waals surface area contributed by atoms with Crippen molar-refractivity contribution in [2.24, 2.45) is 5.92 Å². The van der Waals surface area contributed by atoms with Crippen LogP contribution in [0.15, 0.2) is 24.3 Å². The van der Waals surface area contributed by atoms with Gasteiger partial charge in [0.2, 0.25) is 11.8 Å². The molecule has 0 unspecified atom stereocenters. The Morgan fingerprint density at radius 1 is 1.22 bits per heavy atom. The van der Waals surface area contributed by atoms with Gasteiger partial charge in [-0.15, -0.1) is 11.3 Å². The van der Waals surface area contributed by atoms with E-state index >= 15 is 0 Å². The van der Waals surface area contributed by atoms with E-state index in [0.29, 0.717) is 18.2 Å². The lowest BCUT2D eigenvalue weighted by Crippen LogP contribution is -2.28. The van der Waals surface area contributed by atoms with E-state index < -0.39 is 0 Å². The molecule has 1 N–H and O–H groups in total. The molecule has 1 aliphatic carbocycles. The molecule has 0 spiro atoms. The zero-order chi connectivity index (χ0) is 18.8. The SMILES string of the molecule is Cc1ccc(CN2C[C@H](C(=O)Nc3nc4c(s3)CCCCC4)CC2=O)cc1. The van der Waals surface area contributed by atoms with Gasteiger partial charge in [-0.1, -0.05) is 36.2 Å². The number of aromatic nitrogens is 1. The van der Waals surface area contributed by atoms with Crippen LogP contribution in [0, 0.1) is 12.8 Å². The van der Waals surface area contributed by atoms with Gasteiger partial charge in [-0.25, -0.2) is 4.98 Å². The van der Waals surface area contributed by atoms with Gasteiger partial charge in [0.25, 0.3) is 0 Å². The van der Waals surface area contributed by atoms with Crippen LogP contribution in [0.1, 0.15) is 47.4 Å². The van der Waals surface area contributed by atoms with Crippen molar-refractivity contribution in [3.63, 3.8) is 0 Å². The normalized spacial score (nSPS) is 19.7. The van der Waals surface area contributed by atoms with Crippen LogP contribution in [0.2, 0.25) is 0 Å². The Labute approximate surface area is 163 Å². The number of nitrogens with zero attached hydrogens (tertiary/aromatic N) is 2. The molecule has 1 saturated heterocycles. The third-order valence-corrected chi connectivity index (χ3v) is 6.48. The molecular formula is C21H25N3O2S. The molecule has 2 heterocycles. The topological polar surface area (TPSA) is 62.3 Å². The van der Waals surface area contributed by atoms with Crippen LogP contribution in [0.4, 0.5) is 5.13 Å². The fourth-order valence-electron chi connectivity index (χ4n) is 3.80. The van der Waals surface area contributed by atoms with E-state index in [1.807, 2.05) is 31.2 Å². The van der Waals surface area contributed by atoms with Gasteiger partial charge in [0, 0.05) is 24.4 Å². The fourth-order valence-corrected chi connectivity index (χ4v) is 4.86. The van der Waals surface area contributed by atoms with E-state index in [9.17, 15) is 9.59 Å². The Morgan fingerprint density at radius 3 is 2.81 bits per heavy atom. The van der Waals surface area contributed by atoms with Crippen LogP contribution in [0.5, 0.6) is 0 Å². The van der Waals surface area contributed by atoms with Crippen LogP contribution in [0.3, 0.4) is 0 Å². The molecular weight excluding hydrogens is 358 g/mol. The smallest absolute Gasteiger partial charge is 0.231 e. The predicted octanol–water partition coefficient (Wildman–Crippen LogP) is 3.71. The van der Waals surface area contributed by atoms with Crippen molar-refractivity contribution in [2.75, 3.05) is 11.9 Å². The van der Waals surface area contributed by atoms with Crippen molar-refractivity contribution >= 4 is 28.3 Å². The molecule has 2 aliphatic rings. The molecule has 0 bridgehead atoms. The summed E-state index contributed by atoms with van der Waals surface area (Å²) in [5.74, 6) is -0.337. The number of nitrogens with one attached hydrogen (secondary N) is 1. The number of hydrogen-bond donors (Lipinski definition) is 1. The first kappa shape index (κ1) is 18.2. The van der Waals surface area contributed by atoms with E-state index in [2.05, 4.69) is 10.3 Å². The van der Waals surface area contributed by atoms with Gasteiger partial charge >= 0.3 is 0 Å². The van der Waals surface area contributed by atoms with Crippen LogP contribution in [-0.2, 0) is 29.0 Å².